The summed E-state index contributed by atoms with van der Waals surface area (Å²) in [7, 11) is 0. The molecule has 0 unspecified atom stereocenters. The van der Waals surface area contributed by atoms with E-state index in [0.29, 0.717) is 12.3 Å². The monoisotopic (exact) mass is 420 g/mol. The van der Waals surface area contributed by atoms with E-state index in [1.807, 2.05) is 17.5 Å². The molecule has 3 aromatic rings. The number of hydrogen-bond acceptors (Lipinski definition) is 7. The molecule has 0 amide bonds. The van der Waals surface area contributed by atoms with Gasteiger partial charge in [-0.05, 0) is 42.1 Å². The van der Waals surface area contributed by atoms with Gasteiger partial charge in [-0.1, -0.05) is 22.0 Å². The van der Waals surface area contributed by atoms with Gasteiger partial charge in [-0.25, -0.2) is 4.98 Å². The Balaban J connectivity index is 1.78. The third-order valence-corrected chi connectivity index (χ3v) is 4.71. The lowest BCUT2D eigenvalue weighted by Crippen LogP contribution is -2.09. The fourth-order valence-electron chi connectivity index (χ4n) is 2.10. The lowest BCUT2D eigenvalue weighted by Gasteiger charge is -2.09. The first-order chi connectivity index (χ1) is 12.1. The fourth-order valence-corrected chi connectivity index (χ4v) is 3.08. The highest BCUT2D eigenvalue weighted by atomic mass is 79.9. The van der Waals surface area contributed by atoms with E-state index >= 15 is 0 Å². The second-order valence-corrected chi connectivity index (χ2v) is 6.89. The van der Waals surface area contributed by atoms with Crippen molar-refractivity contribution in [3.8, 4) is 11.6 Å². The first kappa shape index (κ1) is 17.3. The summed E-state index contributed by atoms with van der Waals surface area (Å²) in [5.74, 6) is 0.499. The van der Waals surface area contributed by atoms with Gasteiger partial charge in [0.25, 0.3) is 0 Å². The van der Waals surface area contributed by atoms with Gasteiger partial charge in [-0.2, -0.15) is 4.98 Å². The lowest BCUT2D eigenvalue weighted by molar-refractivity contribution is -0.385. The molecule has 0 aliphatic carbocycles. The number of benzene rings is 1. The van der Waals surface area contributed by atoms with Crippen LogP contribution in [-0.2, 0) is 6.42 Å². The minimum Gasteiger partial charge on any atom is -0.434 e. The van der Waals surface area contributed by atoms with Crippen molar-refractivity contribution in [1.82, 2.24) is 9.97 Å². The smallest absolute Gasteiger partial charge is 0.373 e. The standard InChI is InChI=1S/C16H13BrN4O3S/c17-11-3-5-12(6-4-11)24-16-14(21(22)23)15(19-10-20-16)18-8-7-13-2-1-9-25-13/h1-6,9-10H,7-8H2,(H,18,19,20). The molecule has 0 spiro atoms. The third kappa shape index (κ3) is 4.52. The third-order valence-electron chi connectivity index (χ3n) is 3.24. The summed E-state index contributed by atoms with van der Waals surface area (Å²) in [6, 6.07) is 10.9. The van der Waals surface area contributed by atoms with Crippen molar-refractivity contribution in [2.75, 3.05) is 11.9 Å². The van der Waals surface area contributed by atoms with Crippen LogP contribution in [0.1, 0.15) is 4.88 Å². The van der Waals surface area contributed by atoms with E-state index in [-0.39, 0.29) is 17.4 Å². The summed E-state index contributed by atoms with van der Waals surface area (Å²) in [4.78, 5) is 20.0. The Bertz CT molecular complexity index is 856. The van der Waals surface area contributed by atoms with E-state index in [1.165, 1.54) is 11.2 Å². The Labute approximate surface area is 156 Å². The molecule has 0 aliphatic rings. The number of anilines is 1. The first-order valence-corrected chi connectivity index (χ1v) is 9.00. The molecule has 0 atom stereocenters. The van der Waals surface area contributed by atoms with Crippen LogP contribution in [0.15, 0.2) is 52.6 Å². The van der Waals surface area contributed by atoms with E-state index in [4.69, 9.17) is 4.74 Å². The van der Waals surface area contributed by atoms with E-state index in [0.717, 1.165) is 10.9 Å². The van der Waals surface area contributed by atoms with Crippen LogP contribution in [-0.4, -0.2) is 21.4 Å². The van der Waals surface area contributed by atoms with Crippen LogP contribution in [0.2, 0.25) is 0 Å². The maximum atomic E-state index is 11.5. The van der Waals surface area contributed by atoms with Gasteiger partial charge in [0.05, 0.1) is 4.92 Å². The van der Waals surface area contributed by atoms with Crippen LogP contribution in [0, 0.1) is 10.1 Å². The molecule has 0 aliphatic heterocycles. The summed E-state index contributed by atoms with van der Waals surface area (Å²) >= 11 is 4.97. The Morgan fingerprint density at radius 1 is 1.24 bits per heavy atom. The number of thiophene rings is 1. The molecule has 1 N–H and O–H groups in total. The number of aromatic nitrogens is 2. The maximum absolute atomic E-state index is 11.5. The summed E-state index contributed by atoms with van der Waals surface area (Å²) in [6.45, 7) is 0.524. The van der Waals surface area contributed by atoms with E-state index in [9.17, 15) is 10.1 Å². The predicted octanol–water partition coefficient (Wildman–Crippen LogP) is 4.66. The van der Waals surface area contributed by atoms with Gasteiger partial charge in [-0.3, -0.25) is 10.1 Å². The normalized spacial score (nSPS) is 10.4. The van der Waals surface area contributed by atoms with Crippen molar-refractivity contribution in [3.63, 3.8) is 0 Å². The average Bonchev–Trinajstić information content (AvgIpc) is 3.10. The van der Waals surface area contributed by atoms with Crippen molar-refractivity contribution in [1.29, 1.82) is 0 Å². The molecule has 9 heteroatoms. The number of halogens is 1. The Kier molecular flexibility index (Phi) is 5.56. The molecule has 1 aromatic carbocycles. The topological polar surface area (TPSA) is 90.2 Å². The van der Waals surface area contributed by atoms with Crippen molar-refractivity contribution in [3.05, 3.63) is 67.6 Å². The molecular formula is C16H13BrN4O3S. The molecule has 0 saturated heterocycles. The molecule has 128 valence electrons. The molecule has 2 heterocycles. The van der Waals surface area contributed by atoms with Crippen LogP contribution >= 0.6 is 27.3 Å². The molecule has 0 radical (unpaired) electrons. The number of rotatable bonds is 7. The number of nitro groups is 1. The summed E-state index contributed by atoms with van der Waals surface area (Å²) in [6.07, 6.45) is 2.00. The van der Waals surface area contributed by atoms with Crippen LogP contribution in [0.3, 0.4) is 0 Å². The molecule has 25 heavy (non-hydrogen) atoms. The van der Waals surface area contributed by atoms with Crippen LogP contribution in [0.4, 0.5) is 11.5 Å². The van der Waals surface area contributed by atoms with Gasteiger partial charge >= 0.3 is 11.6 Å². The number of nitrogens with zero attached hydrogens (tertiary/aromatic N) is 3. The van der Waals surface area contributed by atoms with Crippen LogP contribution < -0.4 is 10.1 Å². The second-order valence-electron chi connectivity index (χ2n) is 4.95. The quantitative estimate of drug-likeness (QED) is 0.441. The predicted molar refractivity (Wildman–Crippen MR) is 99.4 cm³/mol. The number of hydrogen-bond donors (Lipinski definition) is 1. The highest BCUT2D eigenvalue weighted by Crippen LogP contribution is 2.34. The second kappa shape index (κ2) is 8.04. The Morgan fingerprint density at radius 2 is 2.04 bits per heavy atom. The van der Waals surface area contributed by atoms with Crippen molar-refractivity contribution < 1.29 is 9.66 Å². The molecule has 0 fully saturated rings. The average molecular weight is 421 g/mol. The molecule has 7 nitrogen and oxygen atoms in total. The molecule has 0 bridgehead atoms. The van der Waals surface area contributed by atoms with E-state index in [1.54, 1.807) is 35.6 Å². The minimum atomic E-state index is -0.540. The van der Waals surface area contributed by atoms with Gasteiger partial charge in [0.15, 0.2) is 0 Å². The lowest BCUT2D eigenvalue weighted by atomic mass is 10.3. The Morgan fingerprint density at radius 3 is 2.72 bits per heavy atom. The first-order valence-electron chi connectivity index (χ1n) is 7.32. The number of ether oxygens (including phenoxy) is 1. The molecule has 3 rings (SSSR count). The maximum Gasteiger partial charge on any atom is 0.373 e. The van der Waals surface area contributed by atoms with Crippen molar-refractivity contribution in [2.24, 2.45) is 0 Å². The van der Waals surface area contributed by atoms with Crippen LogP contribution in [0.5, 0.6) is 11.6 Å². The molecular weight excluding hydrogens is 408 g/mol. The molecule has 0 saturated carbocycles. The highest BCUT2D eigenvalue weighted by molar-refractivity contribution is 9.10. The zero-order valence-electron chi connectivity index (χ0n) is 12.9. The van der Waals surface area contributed by atoms with Gasteiger partial charge in [-0.15, -0.1) is 11.3 Å². The highest BCUT2D eigenvalue weighted by Gasteiger charge is 2.24. The van der Waals surface area contributed by atoms with Gasteiger partial charge in [0.2, 0.25) is 5.82 Å². The largest absolute Gasteiger partial charge is 0.434 e. The van der Waals surface area contributed by atoms with Gasteiger partial charge in [0.1, 0.15) is 12.1 Å². The zero-order valence-corrected chi connectivity index (χ0v) is 15.3. The van der Waals surface area contributed by atoms with Crippen molar-refractivity contribution >= 4 is 38.8 Å². The number of nitrogens with one attached hydrogen (secondary N) is 1. The summed E-state index contributed by atoms with van der Waals surface area (Å²) < 4.78 is 6.45. The van der Waals surface area contributed by atoms with Crippen LogP contribution in [0.25, 0.3) is 0 Å². The minimum absolute atomic E-state index is 0.0963. The SMILES string of the molecule is O=[N+]([O-])c1c(NCCc2cccs2)ncnc1Oc1ccc(Br)cc1. The van der Waals surface area contributed by atoms with Gasteiger partial charge < -0.3 is 10.1 Å². The van der Waals surface area contributed by atoms with E-state index < -0.39 is 4.92 Å². The summed E-state index contributed by atoms with van der Waals surface area (Å²) in [5.41, 5.74) is -0.281. The zero-order chi connectivity index (χ0) is 17.6. The molecule has 2 aromatic heterocycles. The Hall–Kier alpha value is -2.52. The van der Waals surface area contributed by atoms with E-state index in [2.05, 4.69) is 31.2 Å². The van der Waals surface area contributed by atoms with Gasteiger partial charge in [0, 0.05) is 15.9 Å². The summed E-state index contributed by atoms with van der Waals surface area (Å²) in [5, 5.41) is 16.5. The van der Waals surface area contributed by atoms with Crippen molar-refractivity contribution in [2.45, 2.75) is 6.42 Å². The fraction of sp³-hybridized carbons (Fsp3) is 0.125.